The normalized spacial score (nSPS) is 22.0. The number of ether oxygens (including phenoxy) is 1. The molecule has 2 heterocycles. The first-order chi connectivity index (χ1) is 10.5. The van der Waals surface area contributed by atoms with Crippen LogP contribution in [0.15, 0.2) is 18.3 Å². The molecule has 0 aliphatic carbocycles. The number of rotatable bonds is 3. The molecule has 0 spiro atoms. The average molecular weight is 370 g/mol. The van der Waals surface area contributed by atoms with Crippen LogP contribution in [0.3, 0.4) is 0 Å². The molecule has 0 fully saturated rings. The number of nitrogens with zero attached hydrogens (tertiary/aromatic N) is 2. The lowest BCUT2D eigenvalue weighted by Crippen LogP contribution is -2.35. The van der Waals surface area contributed by atoms with E-state index in [1.165, 1.54) is 0 Å². The molecule has 7 nitrogen and oxygen atoms in total. The number of alkyl halides is 1. The standard InChI is InChI=1S/C14H16BrN3O4/c1-7(17-14(20)21)5-18-12-8(4-16-18)2-3-10-11(12)13(19)9(15)6-22-10/h2-4,7,9,13,17,19H,5-6H2,1H3,(H,20,21)/t7?,9-,13?/m0/s1. The summed E-state index contributed by atoms with van der Waals surface area (Å²) in [5.74, 6) is 0.635. The molecule has 0 saturated carbocycles. The highest BCUT2D eigenvalue weighted by Gasteiger charge is 2.31. The fraction of sp³-hybridized carbons (Fsp3) is 0.429. The Balaban J connectivity index is 2.04. The van der Waals surface area contributed by atoms with E-state index in [2.05, 4.69) is 26.3 Å². The summed E-state index contributed by atoms with van der Waals surface area (Å²) in [5.41, 5.74) is 1.46. The highest BCUT2D eigenvalue weighted by atomic mass is 79.9. The Kier molecular flexibility index (Phi) is 3.96. The third-order valence-electron chi connectivity index (χ3n) is 3.66. The number of benzene rings is 1. The van der Waals surface area contributed by atoms with Crippen molar-refractivity contribution in [3.8, 4) is 5.75 Å². The number of hydrogen-bond acceptors (Lipinski definition) is 4. The van der Waals surface area contributed by atoms with Crippen molar-refractivity contribution in [2.24, 2.45) is 0 Å². The Morgan fingerprint density at radius 1 is 1.64 bits per heavy atom. The van der Waals surface area contributed by atoms with E-state index in [-0.39, 0.29) is 10.9 Å². The smallest absolute Gasteiger partial charge is 0.404 e. The maximum atomic E-state index is 10.7. The molecule has 0 radical (unpaired) electrons. The number of amides is 1. The zero-order valence-corrected chi connectivity index (χ0v) is 13.4. The number of hydrogen-bond donors (Lipinski definition) is 3. The van der Waals surface area contributed by atoms with Gasteiger partial charge in [0.25, 0.3) is 0 Å². The highest BCUT2D eigenvalue weighted by Crippen LogP contribution is 2.40. The van der Waals surface area contributed by atoms with E-state index in [1.54, 1.807) is 17.8 Å². The lowest BCUT2D eigenvalue weighted by atomic mass is 10.0. The summed E-state index contributed by atoms with van der Waals surface area (Å²) in [6, 6.07) is 3.40. The predicted octanol–water partition coefficient (Wildman–Crippen LogP) is 1.88. The van der Waals surface area contributed by atoms with E-state index in [1.807, 2.05) is 12.1 Å². The number of carbonyl (C=O) groups is 1. The van der Waals surface area contributed by atoms with Gasteiger partial charge in [-0.25, -0.2) is 4.79 Å². The lowest BCUT2D eigenvalue weighted by Gasteiger charge is -2.27. The van der Waals surface area contributed by atoms with Gasteiger partial charge < -0.3 is 20.3 Å². The number of fused-ring (bicyclic) bond motifs is 3. The molecule has 1 aliphatic rings. The zero-order chi connectivity index (χ0) is 15.9. The van der Waals surface area contributed by atoms with Crippen LogP contribution in [-0.2, 0) is 6.54 Å². The van der Waals surface area contributed by atoms with Crippen LogP contribution in [0.2, 0.25) is 0 Å². The largest absolute Gasteiger partial charge is 0.492 e. The van der Waals surface area contributed by atoms with Gasteiger partial charge in [-0.3, -0.25) is 4.68 Å². The molecule has 1 aromatic carbocycles. The Morgan fingerprint density at radius 3 is 3.14 bits per heavy atom. The van der Waals surface area contributed by atoms with E-state index in [4.69, 9.17) is 9.84 Å². The predicted molar refractivity (Wildman–Crippen MR) is 83.5 cm³/mol. The number of aromatic nitrogens is 2. The van der Waals surface area contributed by atoms with Crippen LogP contribution in [-0.4, -0.2) is 43.6 Å². The van der Waals surface area contributed by atoms with Gasteiger partial charge in [-0.1, -0.05) is 15.9 Å². The molecule has 1 aromatic heterocycles. The molecule has 3 atom stereocenters. The molecule has 0 bridgehead atoms. The molecule has 3 N–H and O–H groups in total. The van der Waals surface area contributed by atoms with Crippen LogP contribution >= 0.6 is 15.9 Å². The molecule has 1 amide bonds. The van der Waals surface area contributed by atoms with Crippen molar-refractivity contribution < 1.29 is 19.7 Å². The van der Waals surface area contributed by atoms with Crippen LogP contribution in [0.1, 0.15) is 18.6 Å². The van der Waals surface area contributed by atoms with Crippen molar-refractivity contribution in [1.29, 1.82) is 0 Å². The third-order valence-corrected chi connectivity index (χ3v) is 4.42. The van der Waals surface area contributed by atoms with Crippen LogP contribution in [0, 0.1) is 0 Å². The minimum atomic E-state index is -1.07. The summed E-state index contributed by atoms with van der Waals surface area (Å²) >= 11 is 3.41. The topological polar surface area (TPSA) is 96.6 Å². The summed E-state index contributed by atoms with van der Waals surface area (Å²) < 4.78 is 7.35. The quantitative estimate of drug-likeness (QED) is 0.717. The highest BCUT2D eigenvalue weighted by molar-refractivity contribution is 9.09. The first kappa shape index (κ1) is 15.1. The summed E-state index contributed by atoms with van der Waals surface area (Å²) in [4.78, 5) is 10.5. The second-order valence-corrected chi connectivity index (χ2v) is 6.54. The maximum Gasteiger partial charge on any atom is 0.404 e. The first-order valence-electron chi connectivity index (χ1n) is 6.90. The molecule has 22 heavy (non-hydrogen) atoms. The first-order valence-corrected chi connectivity index (χ1v) is 7.81. The van der Waals surface area contributed by atoms with Crippen molar-refractivity contribution in [3.63, 3.8) is 0 Å². The molecule has 8 heteroatoms. The van der Waals surface area contributed by atoms with Gasteiger partial charge in [0, 0.05) is 17.0 Å². The number of nitrogens with one attached hydrogen (secondary N) is 1. The fourth-order valence-corrected chi connectivity index (χ4v) is 3.09. The third kappa shape index (κ3) is 2.64. The Hall–Kier alpha value is -1.80. The van der Waals surface area contributed by atoms with Gasteiger partial charge in [0.1, 0.15) is 18.5 Å². The van der Waals surface area contributed by atoms with Crippen LogP contribution in [0.25, 0.3) is 10.9 Å². The summed E-state index contributed by atoms with van der Waals surface area (Å²) in [6.45, 7) is 2.52. The monoisotopic (exact) mass is 369 g/mol. The van der Waals surface area contributed by atoms with Gasteiger partial charge in [0.15, 0.2) is 0 Å². The van der Waals surface area contributed by atoms with Gasteiger partial charge in [0.05, 0.1) is 23.1 Å². The molecule has 2 aromatic rings. The number of halogens is 1. The second-order valence-electron chi connectivity index (χ2n) is 5.36. The second kappa shape index (κ2) is 5.77. The molecule has 1 aliphatic heterocycles. The van der Waals surface area contributed by atoms with Gasteiger partial charge in [0.2, 0.25) is 0 Å². The van der Waals surface area contributed by atoms with Gasteiger partial charge in [-0.05, 0) is 19.1 Å². The molecule has 3 rings (SSSR count). The molecular weight excluding hydrogens is 354 g/mol. The van der Waals surface area contributed by atoms with E-state index >= 15 is 0 Å². The summed E-state index contributed by atoms with van der Waals surface area (Å²) in [6.07, 6.45) is -0.0752. The SMILES string of the molecule is CC(Cn1ncc2ccc3c(c21)C(O)[C@@H](Br)CO3)NC(=O)O. The number of aliphatic hydroxyl groups excluding tert-OH is 1. The number of carboxylic acid groups (broad SMARTS) is 1. The maximum absolute atomic E-state index is 10.7. The Labute approximate surface area is 135 Å². The van der Waals surface area contributed by atoms with E-state index < -0.39 is 12.2 Å². The fourth-order valence-electron chi connectivity index (χ4n) is 2.70. The van der Waals surface area contributed by atoms with Crippen LogP contribution in [0.5, 0.6) is 5.75 Å². The van der Waals surface area contributed by atoms with E-state index in [9.17, 15) is 9.90 Å². The minimum absolute atomic E-state index is 0.191. The average Bonchev–Trinajstić information content (AvgIpc) is 2.85. The molecule has 2 unspecified atom stereocenters. The Morgan fingerprint density at radius 2 is 2.41 bits per heavy atom. The molecular formula is C14H16BrN3O4. The minimum Gasteiger partial charge on any atom is -0.492 e. The van der Waals surface area contributed by atoms with E-state index in [0.29, 0.717) is 24.5 Å². The van der Waals surface area contributed by atoms with Crippen molar-refractivity contribution in [2.75, 3.05) is 6.61 Å². The van der Waals surface area contributed by atoms with Crippen LogP contribution < -0.4 is 10.1 Å². The van der Waals surface area contributed by atoms with Gasteiger partial charge >= 0.3 is 6.09 Å². The van der Waals surface area contributed by atoms with Crippen molar-refractivity contribution in [2.45, 2.75) is 30.4 Å². The lowest BCUT2D eigenvalue weighted by molar-refractivity contribution is 0.126. The number of aliphatic hydroxyl groups is 1. The summed E-state index contributed by atoms with van der Waals surface area (Å²) in [5, 5.41) is 26.9. The van der Waals surface area contributed by atoms with Crippen molar-refractivity contribution in [3.05, 3.63) is 23.9 Å². The van der Waals surface area contributed by atoms with Gasteiger partial charge in [-0.15, -0.1) is 0 Å². The summed E-state index contributed by atoms with van der Waals surface area (Å²) in [7, 11) is 0. The molecule has 118 valence electrons. The van der Waals surface area contributed by atoms with Crippen molar-refractivity contribution >= 4 is 32.9 Å². The zero-order valence-electron chi connectivity index (χ0n) is 11.9. The van der Waals surface area contributed by atoms with Crippen molar-refractivity contribution in [1.82, 2.24) is 15.1 Å². The van der Waals surface area contributed by atoms with Gasteiger partial charge in [-0.2, -0.15) is 5.10 Å². The molecule has 0 saturated heterocycles. The van der Waals surface area contributed by atoms with Crippen LogP contribution in [0.4, 0.5) is 4.79 Å². The van der Waals surface area contributed by atoms with E-state index in [0.717, 1.165) is 10.9 Å². The Bertz CT molecular complexity index is 717.